The van der Waals surface area contributed by atoms with Crippen LogP contribution in [0.5, 0.6) is 5.75 Å². The van der Waals surface area contributed by atoms with Crippen molar-refractivity contribution in [2.45, 2.75) is 45.3 Å². The third-order valence-corrected chi connectivity index (χ3v) is 4.48. The average Bonchev–Trinajstić information content (AvgIpc) is 3.04. The summed E-state index contributed by atoms with van der Waals surface area (Å²) in [5.41, 5.74) is 3.92. The van der Waals surface area contributed by atoms with Crippen molar-refractivity contribution in [1.29, 1.82) is 0 Å². The molecule has 0 aliphatic heterocycles. The Kier molecular flexibility index (Phi) is 4.84. The van der Waals surface area contributed by atoms with Gasteiger partial charge >= 0.3 is 0 Å². The maximum Gasteiger partial charge on any atom is 0.261 e. The lowest BCUT2D eigenvalue weighted by atomic mass is 10.0. The molecule has 1 aliphatic carbocycles. The molecular formula is C20H22FNO2. The molecule has 3 nitrogen and oxygen atoms in total. The van der Waals surface area contributed by atoms with Crippen LogP contribution in [0.3, 0.4) is 0 Å². The summed E-state index contributed by atoms with van der Waals surface area (Å²) in [6.45, 7) is 3.66. The number of hydrogen-bond donors (Lipinski definition) is 1. The van der Waals surface area contributed by atoms with Crippen LogP contribution in [0.15, 0.2) is 42.5 Å². The highest BCUT2D eigenvalue weighted by Crippen LogP contribution is 2.25. The number of ether oxygens (including phenoxy) is 1. The average molecular weight is 327 g/mol. The van der Waals surface area contributed by atoms with Gasteiger partial charge in [-0.1, -0.05) is 18.2 Å². The standard InChI is InChI=1S/C20H22FNO2/c1-13(16-7-6-15-4-3-5-17(15)12-16)22-20(23)14(2)24-19-10-8-18(21)9-11-19/h6-14H,3-5H2,1-2H3,(H,22,23)/t13-,14+/m1/s1. The molecule has 3 rings (SSSR count). The first-order chi connectivity index (χ1) is 11.5. The quantitative estimate of drug-likeness (QED) is 0.903. The number of rotatable bonds is 5. The Hall–Kier alpha value is -2.36. The molecule has 0 saturated carbocycles. The third-order valence-electron chi connectivity index (χ3n) is 4.48. The predicted octanol–water partition coefficient (Wildman–Crippen LogP) is 3.96. The van der Waals surface area contributed by atoms with Gasteiger partial charge < -0.3 is 10.1 Å². The molecule has 2 atom stereocenters. The van der Waals surface area contributed by atoms with E-state index in [4.69, 9.17) is 4.74 Å². The molecule has 1 aliphatic rings. The Bertz CT molecular complexity index is 727. The number of amides is 1. The predicted molar refractivity (Wildman–Crippen MR) is 91.5 cm³/mol. The lowest BCUT2D eigenvalue weighted by molar-refractivity contribution is -0.127. The van der Waals surface area contributed by atoms with E-state index < -0.39 is 6.10 Å². The summed E-state index contributed by atoms with van der Waals surface area (Å²) in [6.07, 6.45) is 2.84. The molecule has 0 unspecified atom stereocenters. The summed E-state index contributed by atoms with van der Waals surface area (Å²) in [7, 11) is 0. The number of benzene rings is 2. The Morgan fingerprint density at radius 2 is 1.79 bits per heavy atom. The van der Waals surface area contributed by atoms with E-state index in [1.165, 1.54) is 41.8 Å². The van der Waals surface area contributed by atoms with E-state index >= 15 is 0 Å². The maximum absolute atomic E-state index is 12.9. The number of carbonyl (C=O) groups excluding carboxylic acids is 1. The van der Waals surface area contributed by atoms with Crippen LogP contribution in [0.1, 0.15) is 43.0 Å². The third kappa shape index (κ3) is 3.75. The Morgan fingerprint density at radius 1 is 1.08 bits per heavy atom. The van der Waals surface area contributed by atoms with Gasteiger partial charge in [0.15, 0.2) is 6.10 Å². The van der Waals surface area contributed by atoms with E-state index in [0.29, 0.717) is 5.75 Å². The van der Waals surface area contributed by atoms with Gasteiger partial charge in [-0.2, -0.15) is 0 Å². The second-order valence-electron chi connectivity index (χ2n) is 6.33. The molecule has 1 amide bonds. The summed E-state index contributed by atoms with van der Waals surface area (Å²) < 4.78 is 18.5. The van der Waals surface area contributed by atoms with Crippen LogP contribution < -0.4 is 10.1 Å². The van der Waals surface area contributed by atoms with E-state index in [1.807, 2.05) is 6.92 Å². The Morgan fingerprint density at radius 3 is 2.54 bits per heavy atom. The van der Waals surface area contributed by atoms with Gasteiger partial charge in [0.2, 0.25) is 0 Å². The number of carbonyl (C=O) groups is 1. The van der Waals surface area contributed by atoms with Crippen LogP contribution in [0.2, 0.25) is 0 Å². The van der Waals surface area contributed by atoms with E-state index in [9.17, 15) is 9.18 Å². The van der Waals surface area contributed by atoms with Crippen LogP contribution in [0, 0.1) is 5.82 Å². The van der Waals surface area contributed by atoms with E-state index in [1.54, 1.807) is 6.92 Å². The lowest BCUT2D eigenvalue weighted by Gasteiger charge is -2.19. The SMILES string of the molecule is C[C@H](Oc1ccc(F)cc1)C(=O)N[C@H](C)c1ccc2c(c1)CCC2. The number of fused-ring (bicyclic) bond motifs is 1. The summed E-state index contributed by atoms with van der Waals surface area (Å²) in [5, 5.41) is 2.98. The van der Waals surface area contributed by atoms with Crippen molar-refractivity contribution in [2.24, 2.45) is 0 Å². The van der Waals surface area contributed by atoms with Crippen LogP contribution in [-0.4, -0.2) is 12.0 Å². The van der Waals surface area contributed by atoms with Gasteiger partial charge in [0.25, 0.3) is 5.91 Å². The lowest BCUT2D eigenvalue weighted by Crippen LogP contribution is -2.37. The van der Waals surface area contributed by atoms with Gasteiger partial charge in [-0.3, -0.25) is 4.79 Å². The molecule has 0 spiro atoms. The van der Waals surface area contributed by atoms with Crippen LogP contribution in [0.25, 0.3) is 0 Å². The van der Waals surface area contributed by atoms with Crippen molar-refractivity contribution in [3.05, 3.63) is 65.0 Å². The minimum absolute atomic E-state index is 0.0809. The van der Waals surface area contributed by atoms with Crippen molar-refractivity contribution in [2.75, 3.05) is 0 Å². The second-order valence-corrected chi connectivity index (χ2v) is 6.33. The zero-order valence-electron chi connectivity index (χ0n) is 14.0. The molecule has 2 aromatic carbocycles. The van der Waals surface area contributed by atoms with Crippen LogP contribution in [0.4, 0.5) is 4.39 Å². The van der Waals surface area contributed by atoms with Gasteiger partial charge in [-0.15, -0.1) is 0 Å². The van der Waals surface area contributed by atoms with Crippen LogP contribution >= 0.6 is 0 Å². The zero-order chi connectivity index (χ0) is 17.1. The van der Waals surface area contributed by atoms with E-state index in [0.717, 1.165) is 18.4 Å². The first-order valence-corrected chi connectivity index (χ1v) is 8.37. The van der Waals surface area contributed by atoms with Gasteiger partial charge in [0, 0.05) is 0 Å². The molecule has 0 fully saturated rings. The second kappa shape index (κ2) is 7.04. The minimum atomic E-state index is -0.646. The zero-order valence-corrected chi connectivity index (χ0v) is 14.0. The van der Waals surface area contributed by atoms with Crippen molar-refractivity contribution in [3.63, 3.8) is 0 Å². The molecule has 0 aromatic heterocycles. The van der Waals surface area contributed by atoms with Gasteiger partial charge in [-0.25, -0.2) is 4.39 Å². The van der Waals surface area contributed by atoms with Crippen molar-refractivity contribution in [1.82, 2.24) is 5.32 Å². The largest absolute Gasteiger partial charge is 0.481 e. The molecule has 4 heteroatoms. The number of nitrogens with one attached hydrogen (secondary N) is 1. The Balaban J connectivity index is 1.60. The maximum atomic E-state index is 12.9. The fourth-order valence-corrected chi connectivity index (χ4v) is 3.05. The highest BCUT2D eigenvalue weighted by molar-refractivity contribution is 5.81. The normalized spacial score (nSPS) is 15.5. The number of hydrogen-bond acceptors (Lipinski definition) is 2. The molecule has 1 N–H and O–H groups in total. The number of halogens is 1. The van der Waals surface area contributed by atoms with E-state index in [2.05, 4.69) is 23.5 Å². The Labute approximate surface area is 141 Å². The van der Waals surface area contributed by atoms with Gasteiger partial charge in [-0.05, 0) is 74.1 Å². The highest BCUT2D eigenvalue weighted by atomic mass is 19.1. The summed E-state index contributed by atoms with van der Waals surface area (Å²) in [6, 6.07) is 12.0. The summed E-state index contributed by atoms with van der Waals surface area (Å²) >= 11 is 0. The van der Waals surface area contributed by atoms with E-state index in [-0.39, 0.29) is 17.8 Å². The minimum Gasteiger partial charge on any atom is -0.481 e. The molecule has 0 saturated heterocycles. The summed E-state index contributed by atoms with van der Waals surface area (Å²) in [5.74, 6) is -0.0405. The first-order valence-electron chi connectivity index (χ1n) is 8.37. The fourth-order valence-electron chi connectivity index (χ4n) is 3.05. The molecule has 0 heterocycles. The molecular weight excluding hydrogens is 305 g/mol. The van der Waals surface area contributed by atoms with Gasteiger partial charge in [0.05, 0.1) is 6.04 Å². The van der Waals surface area contributed by atoms with Gasteiger partial charge in [0.1, 0.15) is 11.6 Å². The topological polar surface area (TPSA) is 38.3 Å². The molecule has 126 valence electrons. The van der Waals surface area contributed by atoms with Crippen molar-refractivity contribution >= 4 is 5.91 Å². The summed E-state index contributed by atoms with van der Waals surface area (Å²) in [4.78, 5) is 12.3. The first kappa shape index (κ1) is 16.5. The smallest absolute Gasteiger partial charge is 0.261 e. The molecule has 0 bridgehead atoms. The fraction of sp³-hybridized carbons (Fsp3) is 0.350. The monoisotopic (exact) mass is 327 g/mol. The van der Waals surface area contributed by atoms with Crippen molar-refractivity contribution in [3.8, 4) is 5.75 Å². The number of aryl methyl sites for hydroxylation is 2. The van der Waals surface area contributed by atoms with Crippen LogP contribution in [-0.2, 0) is 17.6 Å². The highest BCUT2D eigenvalue weighted by Gasteiger charge is 2.19. The molecule has 0 radical (unpaired) electrons. The van der Waals surface area contributed by atoms with Crippen molar-refractivity contribution < 1.29 is 13.9 Å². The molecule has 24 heavy (non-hydrogen) atoms. The molecule has 2 aromatic rings.